The molecule has 7 nitrogen and oxygen atoms in total. The maximum Gasteiger partial charge on any atom is 0.221 e. The predicted molar refractivity (Wildman–Crippen MR) is 102 cm³/mol. The monoisotopic (exact) mass is 392 g/mol. The molecule has 0 spiro atoms. The van der Waals surface area contributed by atoms with Gasteiger partial charge in [-0.05, 0) is 0 Å². The Kier molecular flexibility index (Phi) is 4.68. The zero-order valence-corrected chi connectivity index (χ0v) is 15.8. The molecule has 1 amide bonds. The quantitative estimate of drug-likeness (QED) is 0.844. The van der Waals surface area contributed by atoms with E-state index < -0.39 is 15.3 Å². The van der Waals surface area contributed by atoms with Gasteiger partial charge in [0.15, 0.2) is 5.13 Å². The van der Waals surface area contributed by atoms with Gasteiger partial charge in [-0.15, -0.1) is 11.3 Å². The topological polar surface area (TPSA) is 82.6 Å². The first kappa shape index (κ1) is 17.4. The van der Waals surface area contributed by atoms with Crippen molar-refractivity contribution >= 4 is 32.4 Å². The second-order valence-electron chi connectivity index (χ2n) is 6.44. The molecule has 2 saturated heterocycles. The van der Waals surface area contributed by atoms with Crippen LogP contribution in [-0.2, 0) is 14.8 Å². The lowest BCUT2D eigenvalue weighted by molar-refractivity contribution is -0.119. The highest BCUT2D eigenvalue weighted by atomic mass is 32.2. The molecule has 1 aromatic heterocycles. The maximum atomic E-state index is 12.7. The summed E-state index contributed by atoms with van der Waals surface area (Å²) in [7, 11) is -3.43. The van der Waals surface area contributed by atoms with E-state index in [0.29, 0.717) is 26.2 Å². The fourth-order valence-electron chi connectivity index (χ4n) is 3.29. The van der Waals surface area contributed by atoms with Crippen molar-refractivity contribution < 1.29 is 13.2 Å². The molecule has 1 N–H and O–H groups in total. The Bertz CT molecular complexity index is 890. The molecule has 0 radical (unpaired) electrons. The molecule has 138 valence electrons. The zero-order valence-electron chi connectivity index (χ0n) is 14.2. The molecule has 0 saturated carbocycles. The van der Waals surface area contributed by atoms with Crippen LogP contribution in [0.2, 0.25) is 0 Å². The van der Waals surface area contributed by atoms with Crippen LogP contribution in [0.4, 0.5) is 5.13 Å². The minimum Gasteiger partial charge on any atom is -0.355 e. The maximum absolute atomic E-state index is 12.7. The summed E-state index contributed by atoms with van der Waals surface area (Å²) in [5.41, 5.74) is 2.02. The largest absolute Gasteiger partial charge is 0.355 e. The summed E-state index contributed by atoms with van der Waals surface area (Å²) in [5.74, 6) is -0.187. The number of nitrogens with zero attached hydrogens (tertiary/aromatic N) is 3. The Morgan fingerprint density at radius 3 is 2.50 bits per heavy atom. The van der Waals surface area contributed by atoms with Crippen molar-refractivity contribution in [3.63, 3.8) is 0 Å². The van der Waals surface area contributed by atoms with E-state index in [1.165, 1.54) is 4.31 Å². The third kappa shape index (κ3) is 3.34. The fourth-order valence-corrected chi connectivity index (χ4v) is 5.92. The summed E-state index contributed by atoms with van der Waals surface area (Å²) >= 11 is 1.58. The van der Waals surface area contributed by atoms with Crippen LogP contribution in [0.1, 0.15) is 6.42 Å². The first-order valence-corrected chi connectivity index (χ1v) is 10.9. The average molecular weight is 393 g/mol. The summed E-state index contributed by atoms with van der Waals surface area (Å²) in [6.45, 7) is 2.28. The lowest BCUT2D eigenvalue weighted by Crippen LogP contribution is -2.51. The molecule has 2 fully saturated rings. The fraction of sp³-hybridized carbons (Fsp3) is 0.412. The molecule has 3 heterocycles. The summed E-state index contributed by atoms with van der Waals surface area (Å²) in [6.07, 6.45) is 0.0649. The van der Waals surface area contributed by atoms with Crippen molar-refractivity contribution in [2.24, 2.45) is 0 Å². The number of aromatic nitrogens is 1. The second-order valence-corrected chi connectivity index (χ2v) is 9.49. The third-order valence-corrected chi connectivity index (χ3v) is 7.95. The second kappa shape index (κ2) is 6.98. The smallest absolute Gasteiger partial charge is 0.221 e. The summed E-state index contributed by atoms with van der Waals surface area (Å²) in [5, 5.41) is 4.92. The molecule has 0 aliphatic carbocycles. The number of anilines is 1. The van der Waals surface area contributed by atoms with Gasteiger partial charge < -0.3 is 10.2 Å². The Hall–Kier alpha value is -1.97. The molecule has 2 aromatic rings. The normalized spacial score (nSPS) is 21.8. The van der Waals surface area contributed by atoms with Crippen LogP contribution in [0.5, 0.6) is 0 Å². The lowest BCUT2D eigenvalue weighted by atomic mass is 10.2. The van der Waals surface area contributed by atoms with E-state index in [-0.39, 0.29) is 18.9 Å². The summed E-state index contributed by atoms with van der Waals surface area (Å²) in [4.78, 5) is 18.2. The number of piperazine rings is 1. The molecular formula is C17H20N4O3S2. The van der Waals surface area contributed by atoms with Crippen LogP contribution in [0.25, 0.3) is 11.3 Å². The molecule has 2 aliphatic heterocycles. The summed E-state index contributed by atoms with van der Waals surface area (Å²) < 4.78 is 26.8. The molecule has 9 heteroatoms. The molecule has 2 aliphatic rings. The summed E-state index contributed by atoms with van der Waals surface area (Å²) in [6, 6.07) is 10.0. The molecule has 1 unspecified atom stereocenters. The van der Waals surface area contributed by atoms with Gasteiger partial charge in [0.2, 0.25) is 15.9 Å². The minimum atomic E-state index is -3.43. The van der Waals surface area contributed by atoms with E-state index in [9.17, 15) is 13.2 Å². The number of carbonyl (C=O) groups is 1. The van der Waals surface area contributed by atoms with Crippen LogP contribution >= 0.6 is 11.3 Å². The van der Waals surface area contributed by atoms with Crippen molar-refractivity contribution in [1.29, 1.82) is 0 Å². The molecular weight excluding hydrogens is 372 g/mol. The van der Waals surface area contributed by atoms with E-state index in [1.54, 1.807) is 11.3 Å². The van der Waals surface area contributed by atoms with Crippen LogP contribution in [0, 0.1) is 0 Å². The van der Waals surface area contributed by atoms with Gasteiger partial charge in [-0.3, -0.25) is 4.79 Å². The van der Waals surface area contributed by atoms with Gasteiger partial charge in [0, 0.05) is 50.1 Å². The number of sulfonamides is 1. The van der Waals surface area contributed by atoms with E-state index in [4.69, 9.17) is 4.98 Å². The Morgan fingerprint density at radius 2 is 1.85 bits per heavy atom. The Morgan fingerprint density at radius 1 is 1.12 bits per heavy atom. The number of hydrogen-bond donors (Lipinski definition) is 1. The highest BCUT2D eigenvalue weighted by molar-refractivity contribution is 7.89. The molecule has 0 bridgehead atoms. The number of amides is 1. The Balaban J connectivity index is 1.41. The molecule has 26 heavy (non-hydrogen) atoms. The van der Waals surface area contributed by atoms with Gasteiger partial charge in [-0.1, -0.05) is 30.3 Å². The van der Waals surface area contributed by atoms with Gasteiger partial charge in [-0.25, -0.2) is 13.4 Å². The van der Waals surface area contributed by atoms with E-state index >= 15 is 0 Å². The third-order valence-electron chi connectivity index (χ3n) is 4.79. The SMILES string of the molecule is O=C1CC(S(=O)(=O)N2CCN(c3nc(-c4ccccc4)cs3)CC2)CN1. The highest BCUT2D eigenvalue weighted by Crippen LogP contribution is 2.28. The predicted octanol–water partition coefficient (Wildman–Crippen LogP) is 1.15. The number of nitrogens with one attached hydrogen (secondary N) is 1. The number of benzene rings is 1. The number of thiazole rings is 1. The van der Waals surface area contributed by atoms with Gasteiger partial charge in [0.1, 0.15) is 5.25 Å². The average Bonchev–Trinajstić information content (AvgIpc) is 3.32. The standard InChI is InChI=1S/C17H20N4O3S2/c22-16-10-14(11-18-16)26(23,24)21-8-6-20(7-9-21)17-19-15(12-25-17)13-4-2-1-3-5-13/h1-5,12,14H,6-11H2,(H,18,22). The minimum absolute atomic E-state index is 0.0649. The van der Waals surface area contributed by atoms with Gasteiger partial charge in [-0.2, -0.15) is 4.31 Å². The van der Waals surface area contributed by atoms with E-state index in [1.807, 2.05) is 35.7 Å². The van der Waals surface area contributed by atoms with E-state index in [2.05, 4.69) is 10.2 Å². The lowest BCUT2D eigenvalue weighted by Gasteiger charge is -2.34. The van der Waals surface area contributed by atoms with Gasteiger partial charge in [0.05, 0.1) is 5.69 Å². The van der Waals surface area contributed by atoms with Gasteiger partial charge in [0.25, 0.3) is 0 Å². The van der Waals surface area contributed by atoms with Crippen LogP contribution < -0.4 is 10.2 Å². The number of carbonyl (C=O) groups excluding carboxylic acids is 1. The van der Waals surface area contributed by atoms with Crippen molar-refractivity contribution in [2.75, 3.05) is 37.6 Å². The van der Waals surface area contributed by atoms with Crippen LogP contribution in [-0.4, -0.2) is 61.6 Å². The van der Waals surface area contributed by atoms with Gasteiger partial charge >= 0.3 is 0 Å². The van der Waals surface area contributed by atoms with Crippen LogP contribution in [0.15, 0.2) is 35.7 Å². The molecule has 4 rings (SSSR count). The Labute approximate surface area is 156 Å². The highest BCUT2D eigenvalue weighted by Gasteiger charge is 2.38. The first-order chi connectivity index (χ1) is 12.5. The number of rotatable bonds is 4. The van der Waals surface area contributed by atoms with Crippen molar-refractivity contribution in [3.05, 3.63) is 35.7 Å². The van der Waals surface area contributed by atoms with Crippen molar-refractivity contribution in [3.8, 4) is 11.3 Å². The molecule has 1 aromatic carbocycles. The molecule has 1 atom stereocenters. The van der Waals surface area contributed by atoms with Crippen molar-refractivity contribution in [1.82, 2.24) is 14.6 Å². The zero-order chi connectivity index (χ0) is 18.1. The van der Waals surface area contributed by atoms with Crippen LogP contribution in [0.3, 0.4) is 0 Å². The van der Waals surface area contributed by atoms with E-state index in [0.717, 1.165) is 16.4 Å². The first-order valence-electron chi connectivity index (χ1n) is 8.55. The number of hydrogen-bond acceptors (Lipinski definition) is 6. The van der Waals surface area contributed by atoms with Crippen molar-refractivity contribution in [2.45, 2.75) is 11.7 Å².